The Balaban J connectivity index is 2.52. The molecule has 1 unspecified atom stereocenters. The highest BCUT2D eigenvalue weighted by Gasteiger charge is 2.22. The van der Waals surface area contributed by atoms with Crippen LogP contribution in [0.3, 0.4) is 0 Å². The molecule has 0 saturated carbocycles. The maximum absolute atomic E-state index is 6.35. The van der Waals surface area contributed by atoms with Gasteiger partial charge in [0.05, 0.1) is 23.0 Å². The Morgan fingerprint density at radius 1 is 1.40 bits per heavy atom. The highest BCUT2D eigenvalue weighted by atomic mass is 79.9. The zero-order valence-corrected chi connectivity index (χ0v) is 15.3. The van der Waals surface area contributed by atoms with Gasteiger partial charge in [0.2, 0.25) is 0 Å². The monoisotopic (exact) mass is 419 g/mol. The fourth-order valence-corrected chi connectivity index (χ4v) is 3.33. The van der Waals surface area contributed by atoms with E-state index in [0.717, 1.165) is 33.2 Å². The Hall–Kier alpha value is -0.360. The van der Waals surface area contributed by atoms with Crippen molar-refractivity contribution in [3.63, 3.8) is 0 Å². The van der Waals surface area contributed by atoms with Crippen molar-refractivity contribution in [3.8, 4) is 0 Å². The van der Waals surface area contributed by atoms with E-state index in [0.29, 0.717) is 5.02 Å². The molecule has 3 nitrogen and oxygen atoms in total. The number of hydrogen-bond acceptors (Lipinski definition) is 2. The molecule has 1 N–H and O–H groups in total. The standard InChI is InChI=1S/C14H16Br2ClN3/c1-3-6-20-14(12(17)8-19-20)13(18-2)10-7-9(15)4-5-11(10)16/h4-5,7-8,13,18H,3,6H2,1-2H3. The smallest absolute Gasteiger partial charge is 0.0837 e. The van der Waals surface area contributed by atoms with Gasteiger partial charge in [-0.3, -0.25) is 4.68 Å². The van der Waals surface area contributed by atoms with Gasteiger partial charge >= 0.3 is 0 Å². The van der Waals surface area contributed by atoms with Crippen molar-refractivity contribution in [1.29, 1.82) is 0 Å². The molecule has 1 atom stereocenters. The number of benzene rings is 1. The summed E-state index contributed by atoms with van der Waals surface area (Å²) in [6.45, 7) is 2.98. The molecule has 1 heterocycles. The summed E-state index contributed by atoms with van der Waals surface area (Å²) in [7, 11) is 1.93. The molecule has 0 aliphatic carbocycles. The Bertz CT molecular complexity index is 598. The minimum Gasteiger partial charge on any atom is -0.308 e. The molecule has 0 radical (unpaired) electrons. The topological polar surface area (TPSA) is 29.9 Å². The molecule has 2 rings (SSSR count). The Morgan fingerprint density at radius 2 is 2.15 bits per heavy atom. The summed E-state index contributed by atoms with van der Waals surface area (Å²) in [4.78, 5) is 0. The van der Waals surface area contributed by atoms with Crippen molar-refractivity contribution in [2.45, 2.75) is 25.9 Å². The van der Waals surface area contributed by atoms with Crippen molar-refractivity contribution < 1.29 is 0 Å². The first kappa shape index (κ1) is 16.0. The lowest BCUT2D eigenvalue weighted by Gasteiger charge is -2.20. The second-order valence-corrected chi connectivity index (χ2v) is 6.67. The molecule has 1 aromatic carbocycles. The van der Waals surface area contributed by atoms with Gasteiger partial charge in [-0.05, 0) is 37.2 Å². The normalized spacial score (nSPS) is 12.7. The van der Waals surface area contributed by atoms with Crippen molar-refractivity contribution >= 4 is 43.5 Å². The number of aromatic nitrogens is 2. The van der Waals surface area contributed by atoms with E-state index in [1.165, 1.54) is 0 Å². The molecule has 0 amide bonds. The molecule has 2 aromatic rings. The lowest BCUT2D eigenvalue weighted by molar-refractivity contribution is 0.534. The van der Waals surface area contributed by atoms with Gasteiger partial charge < -0.3 is 5.32 Å². The van der Waals surface area contributed by atoms with E-state index < -0.39 is 0 Å². The lowest BCUT2D eigenvalue weighted by Crippen LogP contribution is -2.22. The molecule has 20 heavy (non-hydrogen) atoms. The predicted molar refractivity (Wildman–Crippen MR) is 90.3 cm³/mol. The zero-order valence-electron chi connectivity index (χ0n) is 11.3. The third-order valence-electron chi connectivity index (χ3n) is 3.10. The van der Waals surface area contributed by atoms with E-state index in [2.05, 4.69) is 55.3 Å². The van der Waals surface area contributed by atoms with Gasteiger partial charge in [0, 0.05) is 15.5 Å². The van der Waals surface area contributed by atoms with E-state index in [9.17, 15) is 0 Å². The van der Waals surface area contributed by atoms with Gasteiger partial charge in [0.15, 0.2) is 0 Å². The van der Waals surface area contributed by atoms with E-state index in [4.69, 9.17) is 11.6 Å². The largest absolute Gasteiger partial charge is 0.308 e. The van der Waals surface area contributed by atoms with Crippen LogP contribution in [0.1, 0.15) is 30.6 Å². The third kappa shape index (κ3) is 3.27. The van der Waals surface area contributed by atoms with Gasteiger partial charge in [-0.15, -0.1) is 0 Å². The highest BCUT2D eigenvalue weighted by Crippen LogP contribution is 2.34. The van der Waals surface area contributed by atoms with Crippen LogP contribution in [-0.2, 0) is 6.54 Å². The van der Waals surface area contributed by atoms with Crippen LogP contribution in [0.2, 0.25) is 5.02 Å². The molecule has 1 aromatic heterocycles. The van der Waals surface area contributed by atoms with Gasteiger partial charge in [-0.1, -0.05) is 50.4 Å². The summed E-state index contributed by atoms with van der Waals surface area (Å²) >= 11 is 13.5. The van der Waals surface area contributed by atoms with Crippen LogP contribution in [-0.4, -0.2) is 16.8 Å². The van der Waals surface area contributed by atoms with Gasteiger partial charge in [-0.25, -0.2) is 0 Å². The van der Waals surface area contributed by atoms with Crippen LogP contribution in [0.4, 0.5) is 0 Å². The maximum Gasteiger partial charge on any atom is 0.0837 e. The highest BCUT2D eigenvalue weighted by molar-refractivity contribution is 9.11. The molecule has 0 saturated heterocycles. The van der Waals surface area contributed by atoms with Crippen molar-refractivity contribution in [2.75, 3.05) is 7.05 Å². The first-order valence-electron chi connectivity index (χ1n) is 6.41. The second-order valence-electron chi connectivity index (χ2n) is 4.49. The minimum absolute atomic E-state index is 0.0107. The number of rotatable bonds is 5. The summed E-state index contributed by atoms with van der Waals surface area (Å²) in [5.74, 6) is 0. The van der Waals surface area contributed by atoms with Gasteiger partial charge in [0.25, 0.3) is 0 Å². The Labute approximate surface area is 141 Å². The van der Waals surface area contributed by atoms with E-state index in [-0.39, 0.29) is 6.04 Å². The second kappa shape index (κ2) is 7.07. The van der Waals surface area contributed by atoms with Crippen molar-refractivity contribution in [2.24, 2.45) is 0 Å². The summed E-state index contributed by atoms with van der Waals surface area (Å²) in [5, 5.41) is 8.39. The molecule has 0 fully saturated rings. The number of halogens is 3. The number of aryl methyl sites for hydroxylation is 1. The average molecular weight is 422 g/mol. The van der Waals surface area contributed by atoms with Crippen LogP contribution in [0.15, 0.2) is 33.3 Å². The summed E-state index contributed by atoms with van der Waals surface area (Å²) in [6.07, 6.45) is 2.73. The van der Waals surface area contributed by atoms with Crippen LogP contribution in [0, 0.1) is 0 Å². The van der Waals surface area contributed by atoms with E-state index in [1.54, 1.807) is 6.20 Å². The first-order valence-corrected chi connectivity index (χ1v) is 8.38. The van der Waals surface area contributed by atoms with Gasteiger partial charge in [0.1, 0.15) is 0 Å². The fraction of sp³-hybridized carbons (Fsp3) is 0.357. The first-order chi connectivity index (χ1) is 9.58. The van der Waals surface area contributed by atoms with Crippen LogP contribution in [0.5, 0.6) is 0 Å². The summed E-state index contributed by atoms with van der Waals surface area (Å²) in [5.41, 5.74) is 2.12. The maximum atomic E-state index is 6.35. The third-order valence-corrected chi connectivity index (χ3v) is 4.61. The zero-order chi connectivity index (χ0) is 14.7. The van der Waals surface area contributed by atoms with Crippen LogP contribution in [0.25, 0.3) is 0 Å². The average Bonchev–Trinajstić information content (AvgIpc) is 2.77. The summed E-state index contributed by atoms with van der Waals surface area (Å²) in [6, 6.07) is 6.11. The van der Waals surface area contributed by atoms with Crippen molar-refractivity contribution in [3.05, 3.63) is 49.6 Å². The molecule has 108 valence electrons. The summed E-state index contributed by atoms with van der Waals surface area (Å²) < 4.78 is 4.05. The number of nitrogens with zero attached hydrogens (tertiary/aromatic N) is 2. The minimum atomic E-state index is -0.0107. The number of hydrogen-bond donors (Lipinski definition) is 1. The fourth-order valence-electron chi connectivity index (χ4n) is 2.22. The molecule has 6 heteroatoms. The molecular formula is C14H16Br2ClN3. The molecular weight excluding hydrogens is 405 g/mol. The van der Waals surface area contributed by atoms with Gasteiger partial charge in [-0.2, -0.15) is 5.10 Å². The van der Waals surface area contributed by atoms with Crippen LogP contribution < -0.4 is 5.32 Å². The molecule has 0 aliphatic heterocycles. The van der Waals surface area contributed by atoms with Crippen molar-refractivity contribution in [1.82, 2.24) is 15.1 Å². The predicted octanol–water partition coefficient (Wildman–Crippen LogP) is 4.78. The Morgan fingerprint density at radius 3 is 2.80 bits per heavy atom. The lowest BCUT2D eigenvalue weighted by atomic mass is 10.0. The number of nitrogens with one attached hydrogen (secondary N) is 1. The molecule has 0 aliphatic rings. The molecule has 0 spiro atoms. The molecule has 0 bridgehead atoms. The van der Waals surface area contributed by atoms with E-state index in [1.807, 2.05) is 23.9 Å². The Kier molecular flexibility index (Phi) is 5.66. The quantitative estimate of drug-likeness (QED) is 0.753. The van der Waals surface area contributed by atoms with E-state index >= 15 is 0 Å². The van der Waals surface area contributed by atoms with Crippen LogP contribution >= 0.6 is 43.5 Å². The SMILES string of the molecule is CCCn1ncc(Cl)c1C(NC)c1cc(Br)ccc1Br.